The first kappa shape index (κ1) is 13.2. The molecule has 3 N–H and O–H groups in total. The van der Waals surface area contributed by atoms with Crippen molar-refractivity contribution in [2.24, 2.45) is 7.05 Å². The summed E-state index contributed by atoms with van der Waals surface area (Å²) >= 11 is 0. The first-order valence-corrected chi connectivity index (χ1v) is 5.16. The highest BCUT2D eigenvalue weighted by Crippen LogP contribution is 2.07. The number of amides is 1. The second-order valence-corrected chi connectivity index (χ2v) is 3.56. The van der Waals surface area contributed by atoms with E-state index in [0.717, 1.165) is 0 Å². The summed E-state index contributed by atoms with van der Waals surface area (Å²) in [6.45, 7) is 1.20. The molecule has 1 aromatic heterocycles. The van der Waals surface area contributed by atoms with Gasteiger partial charge in [-0.25, -0.2) is 4.79 Å². The third-order valence-electron chi connectivity index (χ3n) is 2.27. The van der Waals surface area contributed by atoms with Crippen LogP contribution in [0.25, 0.3) is 0 Å². The number of aromatic nitrogens is 2. The van der Waals surface area contributed by atoms with Gasteiger partial charge in [0, 0.05) is 13.2 Å². The Labute approximate surface area is 98.1 Å². The molecule has 1 amide bonds. The van der Waals surface area contributed by atoms with E-state index in [0.29, 0.717) is 17.7 Å². The molecule has 0 bridgehead atoms. The van der Waals surface area contributed by atoms with Crippen LogP contribution >= 0.6 is 0 Å². The molecule has 0 aliphatic carbocycles. The van der Waals surface area contributed by atoms with Crippen molar-refractivity contribution in [3.05, 3.63) is 17.5 Å². The Morgan fingerprint density at radius 1 is 1.59 bits per heavy atom. The summed E-state index contributed by atoms with van der Waals surface area (Å²) in [6.07, 6.45) is 2.09. The Hall–Kier alpha value is -1.89. The molecule has 0 aliphatic rings. The standard InChI is InChI=1S/C10H15N3O4/c1-3-7-6(4-13(2)12-7)9(15)11-8(5-14)10(16)17/h4,8,14H,3,5H2,1-2H3,(H,11,15)(H,16,17)/t8-/m0/s1. The first-order valence-electron chi connectivity index (χ1n) is 5.16. The molecule has 1 aromatic rings. The van der Waals surface area contributed by atoms with E-state index >= 15 is 0 Å². The zero-order chi connectivity index (χ0) is 13.0. The maximum Gasteiger partial charge on any atom is 0.328 e. The monoisotopic (exact) mass is 241 g/mol. The highest BCUT2D eigenvalue weighted by molar-refractivity contribution is 5.97. The minimum atomic E-state index is -1.30. The Balaban J connectivity index is 2.85. The van der Waals surface area contributed by atoms with Crippen LogP contribution in [0.2, 0.25) is 0 Å². The third-order valence-corrected chi connectivity index (χ3v) is 2.27. The van der Waals surface area contributed by atoms with E-state index in [1.165, 1.54) is 10.9 Å². The number of aryl methyl sites for hydroxylation is 2. The number of carboxylic acids is 1. The fourth-order valence-electron chi connectivity index (χ4n) is 1.41. The normalized spacial score (nSPS) is 12.2. The second-order valence-electron chi connectivity index (χ2n) is 3.56. The van der Waals surface area contributed by atoms with Gasteiger partial charge in [-0.3, -0.25) is 9.48 Å². The lowest BCUT2D eigenvalue weighted by atomic mass is 10.2. The Morgan fingerprint density at radius 2 is 2.24 bits per heavy atom. The summed E-state index contributed by atoms with van der Waals surface area (Å²) < 4.78 is 1.49. The highest BCUT2D eigenvalue weighted by Gasteiger charge is 2.22. The number of aliphatic hydroxyl groups is 1. The summed E-state index contributed by atoms with van der Waals surface area (Å²) in [4.78, 5) is 22.4. The van der Waals surface area contributed by atoms with Crippen LogP contribution in [0.3, 0.4) is 0 Å². The van der Waals surface area contributed by atoms with Crippen molar-refractivity contribution in [3.8, 4) is 0 Å². The van der Waals surface area contributed by atoms with E-state index in [9.17, 15) is 9.59 Å². The average molecular weight is 241 g/mol. The Bertz CT molecular complexity index is 427. The predicted molar refractivity (Wildman–Crippen MR) is 58.6 cm³/mol. The zero-order valence-electron chi connectivity index (χ0n) is 9.67. The fourth-order valence-corrected chi connectivity index (χ4v) is 1.41. The van der Waals surface area contributed by atoms with Crippen LogP contribution in [-0.4, -0.2) is 44.5 Å². The largest absolute Gasteiger partial charge is 0.480 e. The first-order chi connectivity index (χ1) is 7.99. The van der Waals surface area contributed by atoms with Gasteiger partial charge in [0.25, 0.3) is 5.91 Å². The van der Waals surface area contributed by atoms with Crippen molar-refractivity contribution in [1.29, 1.82) is 0 Å². The number of nitrogens with zero attached hydrogens (tertiary/aromatic N) is 2. The molecule has 0 radical (unpaired) electrons. The minimum Gasteiger partial charge on any atom is -0.480 e. The molecule has 0 saturated heterocycles. The number of hydrogen-bond acceptors (Lipinski definition) is 4. The molecule has 7 heteroatoms. The number of aliphatic hydroxyl groups excluding tert-OH is 1. The molecule has 0 unspecified atom stereocenters. The van der Waals surface area contributed by atoms with Crippen LogP contribution in [0.15, 0.2) is 6.20 Å². The topological polar surface area (TPSA) is 104 Å². The molecule has 17 heavy (non-hydrogen) atoms. The number of nitrogens with one attached hydrogen (secondary N) is 1. The van der Waals surface area contributed by atoms with Crippen LogP contribution in [0.5, 0.6) is 0 Å². The van der Waals surface area contributed by atoms with Gasteiger partial charge in [0.2, 0.25) is 0 Å². The summed E-state index contributed by atoms with van der Waals surface area (Å²) in [6, 6.07) is -1.30. The zero-order valence-corrected chi connectivity index (χ0v) is 9.67. The Morgan fingerprint density at radius 3 is 2.71 bits per heavy atom. The average Bonchev–Trinajstić information content (AvgIpc) is 2.66. The third kappa shape index (κ3) is 3.04. The molecule has 7 nitrogen and oxygen atoms in total. The van der Waals surface area contributed by atoms with Crippen LogP contribution in [-0.2, 0) is 18.3 Å². The van der Waals surface area contributed by atoms with Crippen molar-refractivity contribution in [2.75, 3.05) is 6.61 Å². The predicted octanol–water partition coefficient (Wildman–Crippen LogP) is -0.842. The molecule has 0 aliphatic heterocycles. The maximum atomic E-state index is 11.8. The van der Waals surface area contributed by atoms with E-state index in [4.69, 9.17) is 10.2 Å². The lowest BCUT2D eigenvalue weighted by molar-refractivity contribution is -0.140. The van der Waals surface area contributed by atoms with Gasteiger partial charge >= 0.3 is 5.97 Å². The number of carboxylic acid groups (broad SMARTS) is 1. The van der Waals surface area contributed by atoms with Crippen LogP contribution in [0.1, 0.15) is 23.0 Å². The molecule has 0 aromatic carbocycles. The molecular weight excluding hydrogens is 226 g/mol. The Kier molecular flexibility index (Phi) is 4.22. The van der Waals surface area contributed by atoms with Gasteiger partial charge in [-0.15, -0.1) is 0 Å². The molecule has 1 rings (SSSR count). The molecule has 1 atom stereocenters. The minimum absolute atomic E-state index is 0.328. The number of rotatable bonds is 5. The number of carbonyl (C=O) groups is 2. The quantitative estimate of drug-likeness (QED) is 0.623. The van der Waals surface area contributed by atoms with E-state index < -0.39 is 24.5 Å². The van der Waals surface area contributed by atoms with E-state index in [1.54, 1.807) is 7.05 Å². The summed E-state index contributed by atoms with van der Waals surface area (Å²) in [5.41, 5.74) is 0.918. The molecule has 0 spiro atoms. The van der Waals surface area contributed by atoms with Crippen LogP contribution in [0, 0.1) is 0 Å². The van der Waals surface area contributed by atoms with Crippen molar-refractivity contribution in [3.63, 3.8) is 0 Å². The van der Waals surface area contributed by atoms with Crippen molar-refractivity contribution < 1.29 is 19.8 Å². The van der Waals surface area contributed by atoms with Gasteiger partial charge in [-0.05, 0) is 6.42 Å². The highest BCUT2D eigenvalue weighted by atomic mass is 16.4. The lowest BCUT2D eigenvalue weighted by Gasteiger charge is -2.10. The SMILES string of the molecule is CCc1nn(C)cc1C(=O)N[C@@H](CO)C(=O)O. The summed E-state index contributed by atoms with van der Waals surface area (Å²) in [5.74, 6) is -1.82. The number of carbonyl (C=O) groups excluding carboxylic acids is 1. The molecule has 1 heterocycles. The van der Waals surface area contributed by atoms with Gasteiger partial charge < -0.3 is 15.5 Å². The van der Waals surface area contributed by atoms with Gasteiger partial charge in [0.15, 0.2) is 6.04 Å². The summed E-state index contributed by atoms with van der Waals surface area (Å²) in [5, 5.41) is 23.8. The van der Waals surface area contributed by atoms with Crippen LogP contribution < -0.4 is 5.32 Å². The van der Waals surface area contributed by atoms with E-state index in [-0.39, 0.29) is 0 Å². The molecular formula is C10H15N3O4. The second kappa shape index (κ2) is 5.44. The lowest BCUT2D eigenvalue weighted by Crippen LogP contribution is -2.43. The van der Waals surface area contributed by atoms with Crippen LogP contribution in [0.4, 0.5) is 0 Å². The number of aliphatic carboxylic acids is 1. The molecule has 0 saturated carbocycles. The maximum absolute atomic E-state index is 11.8. The summed E-state index contributed by atoms with van der Waals surface area (Å²) in [7, 11) is 1.68. The van der Waals surface area contributed by atoms with Gasteiger partial charge in [0.1, 0.15) is 0 Å². The smallest absolute Gasteiger partial charge is 0.328 e. The van der Waals surface area contributed by atoms with E-state index in [1.807, 2.05) is 6.92 Å². The van der Waals surface area contributed by atoms with E-state index in [2.05, 4.69) is 10.4 Å². The van der Waals surface area contributed by atoms with Gasteiger partial charge in [0.05, 0.1) is 17.9 Å². The van der Waals surface area contributed by atoms with Gasteiger partial charge in [-0.1, -0.05) is 6.92 Å². The molecule has 0 fully saturated rings. The van der Waals surface area contributed by atoms with Crippen molar-refractivity contribution >= 4 is 11.9 Å². The van der Waals surface area contributed by atoms with Gasteiger partial charge in [-0.2, -0.15) is 5.10 Å². The fraction of sp³-hybridized carbons (Fsp3) is 0.500. The molecule has 94 valence electrons. The van der Waals surface area contributed by atoms with Crippen molar-refractivity contribution in [2.45, 2.75) is 19.4 Å². The number of hydrogen-bond donors (Lipinski definition) is 3. The van der Waals surface area contributed by atoms with Crippen molar-refractivity contribution in [1.82, 2.24) is 15.1 Å².